The minimum atomic E-state index is -0.943. The van der Waals surface area contributed by atoms with Gasteiger partial charge in [0.15, 0.2) is 11.6 Å². The summed E-state index contributed by atoms with van der Waals surface area (Å²) in [5.41, 5.74) is 1.36. The zero-order valence-corrected chi connectivity index (χ0v) is 15.9. The topological polar surface area (TPSA) is 80.1 Å². The number of halogens is 2. The molecule has 3 heterocycles. The van der Waals surface area contributed by atoms with Crippen molar-refractivity contribution in [3.63, 3.8) is 0 Å². The number of pyridine rings is 2. The van der Waals surface area contributed by atoms with Crippen LogP contribution < -0.4 is 14.8 Å². The van der Waals surface area contributed by atoms with Gasteiger partial charge in [0.1, 0.15) is 11.9 Å². The molecule has 4 rings (SSSR count). The van der Waals surface area contributed by atoms with Crippen LogP contribution in [0.3, 0.4) is 0 Å². The quantitative estimate of drug-likeness (QED) is 0.681. The summed E-state index contributed by atoms with van der Waals surface area (Å²) in [4.78, 5) is 8.44. The first-order valence-corrected chi connectivity index (χ1v) is 9.48. The fraction of sp³-hybridized carbons (Fsp3) is 0.227. The Bertz CT molecular complexity index is 1090. The van der Waals surface area contributed by atoms with Gasteiger partial charge in [-0.2, -0.15) is 10.2 Å². The Morgan fingerprint density at radius 1 is 0.967 bits per heavy atom. The van der Waals surface area contributed by atoms with Gasteiger partial charge in [0.2, 0.25) is 11.8 Å². The second kappa shape index (κ2) is 8.84. The van der Waals surface area contributed by atoms with E-state index in [0.717, 1.165) is 38.1 Å². The maximum Gasteiger partial charge on any atom is 0.223 e. The van der Waals surface area contributed by atoms with Crippen LogP contribution in [0.2, 0.25) is 0 Å². The third-order valence-electron chi connectivity index (χ3n) is 4.67. The van der Waals surface area contributed by atoms with Gasteiger partial charge < -0.3 is 14.8 Å². The van der Waals surface area contributed by atoms with Crippen LogP contribution in [0, 0.1) is 23.0 Å². The molecule has 0 saturated carbocycles. The van der Waals surface area contributed by atoms with E-state index >= 15 is 0 Å². The predicted octanol–water partition coefficient (Wildman–Crippen LogP) is 4.22. The molecule has 0 radical (unpaired) electrons. The highest BCUT2D eigenvalue weighted by Gasteiger charge is 2.16. The second-order valence-corrected chi connectivity index (χ2v) is 6.85. The zero-order chi connectivity index (χ0) is 20.9. The van der Waals surface area contributed by atoms with E-state index < -0.39 is 11.6 Å². The van der Waals surface area contributed by atoms with E-state index in [4.69, 9.17) is 9.47 Å². The summed E-state index contributed by atoms with van der Waals surface area (Å²) in [6.45, 7) is 1.74. The molecule has 1 aliphatic heterocycles. The Balaban J connectivity index is 1.57. The first-order valence-electron chi connectivity index (χ1n) is 9.48. The molecule has 0 atom stereocenters. The predicted molar refractivity (Wildman–Crippen MR) is 105 cm³/mol. The summed E-state index contributed by atoms with van der Waals surface area (Å²) in [5.74, 6) is -1.02. The van der Waals surface area contributed by atoms with E-state index in [9.17, 15) is 14.0 Å². The van der Waals surface area contributed by atoms with Crippen molar-refractivity contribution in [2.45, 2.75) is 18.9 Å². The molecule has 1 N–H and O–H groups in total. The Hall–Kier alpha value is -3.57. The molecule has 30 heavy (non-hydrogen) atoms. The highest BCUT2D eigenvalue weighted by Crippen LogP contribution is 2.28. The van der Waals surface area contributed by atoms with Gasteiger partial charge in [-0.15, -0.1) is 0 Å². The zero-order valence-electron chi connectivity index (χ0n) is 15.9. The van der Waals surface area contributed by atoms with Crippen LogP contribution in [-0.4, -0.2) is 29.2 Å². The first kappa shape index (κ1) is 19.7. The molecular formula is C22H18F2N4O2. The molecule has 6 nitrogen and oxygen atoms in total. The molecule has 0 amide bonds. The van der Waals surface area contributed by atoms with Crippen LogP contribution in [0.25, 0.3) is 11.1 Å². The van der Waals surface area contributed by atoms with Crippen molar-refractivity contribution in [1.29, 1.82) is 5.26 Å². The average Bonchev–Trinajstić information content (AvgIpc) is 2.76. The molecule has 8 heteroatoms. The Morgan fingerprint density at radius 2 is 1.77 bits per heavy atom. The summed E-state index contributed by atoms with van der Waals surface area (Å²) < 4.78 is 38.4. The van der Waals surface area contributed by atoms with Gasteiger partial charge in [-0.1, -0.05) is 6.07 Å². The molecule has 152 valence electrons. The summed E-state index contributed by atoms with van der Waals surface area (Å²) in [6.07, 6.45) is 4.73. The monoisotopic (exact) mass is 408 g/mol. The van der Waals surface area contributed by atoms with Crippen molar-refractivity contribution in [2.24, 2.45) is 0 Å². The van der Waals surface area contributed by atoms with E-state index in [2.05, 4.69) is 21.4 Å². The van der Waals surface area contributed by atoms with Crippen molar-refractivity contribution >= 4 is 0 Å². The number of benzene rings is 1. The minimum Gasteiger partial charge on any atom is -0.474 e. The first-order chi connectivity index (χ1) is 14.6. The second-order valence-electron chi connectivity index (χ2n) is 6.85. The number of piperidine rings is 1. The van der Waals surface area contributed by atoms with Crippen LogP contribution >= 0.6 is 0 Å². The third kappa shape index (κ3) is 4.70. The lowest BCUT2D eigenvalue weighted by Crippen LogP contribution is -2.34. The van der Waals surface area contributed by atoms with Gasteiger partial charge in [0.25, 0.3) is 0 Å². The lowest BCUT2D eigenvalue weighted by Gasteiger charge is -2.23. The number of nitriles is 1. The SMILES string of the molecule is N#Cc1cc(Oc2cncc(-c3ccc(F)c(F)c3)c2)nc(OC2CCNCC2)c1. The molecule has 1 aromatic carbocycles. The van der Waals surface area contributed by atoms with E-state index in [1.165, 1.54) is 24.5 Å². The number of hydrogen-bond donors (Lipinski definition) is 1. The van der Waals surface area contributed by atoms with Gasteiger partial charge in [-0.05, 0) is 49.7 Å². The van der Waals surface area contributed by atoms with Crippen molar-refractivity contribution < 1.29 is 18.3 Å². The molecule has 0 unspecified atom stereocenters. The molecule has 0 spiro atoms. The fourth-order valence-electron chi connectivity index (χ4n) is 3.17. The summed E-state index contributed by atoms with van der Waals surface area (Å²) in [5, 5.41) is 12.6. The maximum atomic E-state index is 13.5. The number of rotatable bonds is 5. The van der Waals surface area contributed by atoms with Gasteiger partial charge in [-0.3, -0.25) is 4.98 Å². The molecule has 1 aliphatic rings. The maximum absolute atomic E-state index is 13.5. The van der Waals surface area contributed by atoms with Crippen molar-refractivity contribution in [3.05, 3.63) is 66.0 Å². The van der Waals surface area contributed by atoms with Crippen LogP contribution in [0.5, 0.6) is 17.5 Å². The Kier molecular flexibility index (Phi) is 5.82. The Labute approximate surface area is 172 Å². The largest absolute Gasteiger partial charge is 0.474 e. The molecule has 2 aromatic heterocycles. The van der Waals surface area contributed by atoms with E-state index in [1.807, 2.05) is 0 Å². The van der Waals surface area contributed by atoms with Crippen molar-refractivity contribution in [3.8, 4) is 34.7 Å². The summed E-state index contributed by atoms with van der Waals surface area (Å²) in [7, 11) is 0. The van der Waals surface area contributed by atoms with Crippen LogP contribution in [-0.2, 0) is 0 Å². The molecule has 3 aromatic rings. The van der Waals surface area contributed by atoms with E-state index in [1.54, 1.807) is 12.1 Å². The molecule has 1 fully saturated rings. The Morgan fingerprint density at radius 3 is 2.53 bits per heavy atom. The van der Waals surface area contributed by atoms with Gasteiger partial charge in [0.05, 0.1) is 17.8 Å². The molecular weight excluding hydrogens is 390 g/mol. The highest BCUT2D eigenvalue weighted by molar-refractivity contribution is 5.64. The number of nitrogens with zero attached hydrogens (tertiary/aromatic N) is 3. The average molecular weight is 408 g/mol. The van der Waals surface area contributed by atoms with Gasteiger partial charge in [0, 0.05) is 23.9 Å². The van der Waals surface area contributed by atoms with Gasteiger partial charge in [-0.25, -0.2) is 8.78 Å². The number of aromatic nitrogens is 2. The molecule has 0 bridgehead atoms. The lowest BCUT2D eigenvalue weighted by atomic mass is 10.1. The minimum absolute atomic E-state index is 0.0268. The number of hydrogen-bond acceptors (Lipinski definition) is 6. The van der Waals surface area contributed by atoms with Crippen molar-refractivity contribution in [2.75, 3.05) is 13.1 Å². The summed E-state index contributed by atoms with van der Waals surface area (Å²) >= 11 is 0. The smallest absolute Gasteiger partial charge is 0.223 e. The van der Waals surface area contributed by atoms with Gasteiger partial charge >= 0.3 is 0 Å². The standard InChI is InChI=1S/C22H18F2N4O2/c23-19-2-1-15(10-20(19)24)16-9-18(13-27-12-16)30-22-8-14(11-25)7-21(28-22)29-17-3-5-26-6-4-17/h1-2,7-10,12-13,17,26H,3-6H2. The summed E-state index contributed by atoms with van der Waals surface area (Å²) in [6, 6.07) is 10.4. The number of ether oxygens (including phenoxy) is 2. The van der Waals surface area contributed by atoms with E-state index in [0.29, 0.717) is 28.3 Å². The normalized spacial score (nSPS) is 14.2. The van der Waals surface area contributed by atoms with Crippen LogP contribution in [0.15, 0.2) is 48.8 Å². The molecule has 1 saturated heterocycles. The van der Waals surface area contributed by atoms with Crippen LogP contribution in [0.4, 0.5) is 8.78 Å². The fourth-order valence-corrected chi connectivity index (χ4v) is 3.17. The highest BCUT2D eigenvalue weighted by atomic mass is 19.2. The van der Waals surface area contributed by atoms with E-state index in [-0.39, 0.29) is 12.0 Å². The number of nitrogens with one attached hydrogen (secondary N) is 1. The van der Waals surface area contributed by atoms with Crippen LogP contribution in [0.1, 0.15) is 18.4 Å². The van der Waals surface area contributed by atoms with Crippen molar-refractivity contribution in [1.82, 2.24) is 15.3 Å². The third-order valence-corrected chi connectivity index (χ3v) is 4.67. The molecule has 0 aliphatic carbocycles. The lowest BCUT2D eigenvalue weighted by molar-refractivity contribution is 0.155.